The molecule has 6 heterocycles. The first kappa shape index (κ1) is 21.6. The molecule has 0 spiro atoms. The lowest BCUT2D eigenvalue weighted by Crippen LogP contribution is -2.34. The molecule has 0 radical (unpaired) electrons. The van der Waals surface area contributed by atoms with E-state index in [0.717, 1.165) is 55.0 Å². The first-order chi connectivity index (χ1) is 17.0. The second-order valence-electron chi connectivity index (χ2n) is 9.38. The number of pyridine rings is 1. The highest BCUT2D eigenvalue weighted by atomic mass is 16.2. The number of hydrogen-bond donors (Lipinski definition) is 3. The Morgan fingerprint density at radius 2 is 1.97 bits per heavy atom. The van der Waals surface area contributed by atoms with E-state index in [1.54, 1.807) is 12.4 Å². The van der Waals surface area contributed by atoms with Gasteiger partial charge in [-0.25, -0.2) is 4.98 Å². The lowest BCUT2D eigenvalue weighted by molar-refractivity contribution is 0.0927. The number of likely N-dealkylation sites (tertiary alicyclic amines) is 1. The SMILES string of the molecule is CN1CCC(n2cc(NC(=O)c3cnc4c(c3)C(c3cc5n(c3)CCNC5=O)=CCN4)cn2)CC1. The molecule has 0 bridgehead atoms. The van der Waals surface area contributed by atoms with E-state index < -0.39 is 0 Å². The molecular formula is C25H28N8O2. The molecule has 0 aliphatic carbocycles. The van der Waals surface area contributed by atoms with Crippen LogP contribution in [0, 0.1) is 0 Å². The summed E-state index contributed by atoms with van der Waals surface area (Å²) in [6, 6.07) is 4.12. The van der Waals surface area contributed by atoms with E-state index in [1.165, 1.54) is 0 Å². The average Bonchev–Trinajstić information content (AvgIpc) is 3.52. The normalized spacial score (nSPS) is 18.2. The van der Waals surface area contributed by atoms with E-state index >= 15 is 0 Å². The summed E-state index contributed by atoms with van der Waals surface area (Å²) in [4.78, 5) is 32.1. The molecule has 35 heavy (non-hydrogen) atoms. The molecule has 0 atom stereocenters. The minimum atomic E-state index is -0.233. The van der Waals surface area contributed by atoms with Crippen molar-refractivity contribution >= 4 is 28.9 Å². The minimum absolute atomic E-state index is 0.0655. The Morgan fingerprint density at radius 3 is 2.80 bits per heavy atom. The lowest BCUT2D eigenvalue weighted by atomic mass is 9.96. The van der Waals surface area contributed by atoms with E-state index in [1.807, 2.05) is 33.8 Å². The van der Waals surface area contributed by atoms with Crippen molar-refractivity contribution in [3.05, 3.63) is 65.4 Å². The first-order valence-electron chi connectivity index (χ1n) is 12.0. The molecule has 10 heteroatoms. The molecule has 3 aromatic rings. The van der Waals surface area contributed by atoms with Crippen molar-refractivity contribution in [1.29, 1.82) is 0 Å². The Balaban J connectivity index is 1.22. The van der Waals surface area contributed by atoms with Crippen LogP contribution in [0.3, 0.4) is 0 Å². The largest absolute Gasteiger partial charge is 0.366 e. The third-order valence-corrected chi connectivity index (χ3v) is 7.02. The molecule has 0 saturated carbocycles. The van der Waals surface area contributed by atoms with E-state index in [4.69, 9.17) is 0 Å². The Bertz CT molecular complexity index is 1330. The molecule has 0 aromatic carbocycles. The van der Waals surface area contributed by atoms with Crippen LogP contribution in [-0.4, -0.2) is 69.3 Å². The summed E-state index contributed by atoms with van der Waals surface area (Å²) >= 11 is 0. The van der Waals surface area contributed by atoms with Gasteiger partial charge in [0.1, 0.15) is 11.5 Å². The van der Waals surface area contributed by atoms with Crippen LogP contribution < -0.4 is 16.0 Å². The molecule has 0 unspecified atom stereocenters. The van der Waals surface area contributed by atoms with Crippen molar-refractivity contribution in [3.63, 3.8) is 0 Å². The van der Waals surface area contributed by atoms with Gasteiger partial charge in [0.25, 0.3) is 11.8 Å². The zero-order chi connectivity index (χ0) is 23.9. The number of amides is 2. The van der Waals surface area contributed by atoms with Crippen LogP contribution in [0.5, 0.6) is 0 Å². The van der Waals surface area contributed by atoms with Crippen molar-refractivity contribution in [1.82, 2.24) is 29.5 Å². The fourth-order valence-corrected chi connectivity index (χ4v) is 5.05. The van der Waals surface area contributed by atoms with Crippen LogP contribution in [0.1, 0.15) is 50.9 Å². The summed E-state index contributed by atoms with van der Waals surface area (Å²) in [5.41, 5.74) is 4.54. The number of aromatic nitrogens is 4. The second-order valence-corrected chi connectivity index (χ2v) is 9.38. The van der Waals surface area contributed by atoms with Gasteiger partial charge in [-0.15, -0.1) is 0 Å². The zero-order valence-electron chi connectivity index (χ0n) is 19.6. The number of hydrogen-bond acceptors (Lipinski definition) is 6. The minimum Gasteiger partial charge on any atom is -0.366 e. The van der Waals surface area contributed by atoms with Gasteiger partial charge in [0.15, 0.2) is 0 Å². The van der Waals surface area contributed by atoms with Gasteiger partial charge >= 0.3 is 0 Å². The van der Waals surface area contributed by atoms with Gasteiger partial charge < -0.3 is 25.4 Å². The van der Waals surface area contributed by atoms with Crippen LogP contribution in [0.2, 0.25) is 0 Å². The number of nitrogens with zero attached hydrogens (tertiary/aromatic N) is 5. The summed E-state index contributed by atoms with van der Waals surface area (Å²) in [5.74, 6) is 0.427. The molecule has 2 amide bonds. The van der Waals surface area contributed by atoms with Crippen molar-refractivity contribution in [2.75, 3.05) is 43.9 Å². The molecule has 3 N–H and O–H groups in total. The Labute approximate surface area is 203 Å². The Kier molecular flexibility index (Phi) is 5.37. The van der Waals surface area contributed by atoms with E-state index in [2.05, 4.69) is 44.1 Å². The number of anilines is 2. The average molecular weight is 473 g/mol. The monoisotopic (exact) mass is 472 g/mol. The fourth-order valence-electron chi connectivity index (χ4n) is 5.05. The molecule has 3 aromatic heterocycles. The van der Waals surface area contributed by atoms with Crippen molar-refractivity contribution in [2.24, 2.45) is 0 Å². The van der Waals surface area contributed by atoms with E-state index in [9.17, 15) is 9.59 Å². The number of fused-ring (bicyclic) bond motifs is 2. The van der Waals surface area contributed by atoms with Crippen LogP contribution >= 0.6 is 0 Å². The summed E-state index contributed by atoms with van der Waals surface area (Å²) in [6.07, 6.45) is 11.4. The summed E-state index contributed by atoms with van der Waals surface area (Å²) in [7, 11) is 2.13. The van der Waals surface area contributed by atoms with E-state index in [-0.39, 0.29) is 11.8 Å². The predicted molar refractivity (Wildman–Crippen MR) is 133 cm³/mol. The van der Waals surface area contributed by atoms with Crippen LogP contribution in [0.15, 0.2) is 43.0 Å². The summed E-state index contributed by atoms with van der Waals surface area (Å²) < 4.78 is 3.94. The molecular weight excluding hydrogens is 444 g/mol. The zero-order valence-corrected chi connectivity index (χ0v) is 19.6. The molecule has 1 saturated heterocycles. The van der Waals surface area contributed by atoms with Crippen molar-refractivity contribution < 1.29 is 9.59 Å². The van der Waals surface area contributed by atoms with Gasteiger partial charge in [-0.2, -0.15) is 5.10 Å². The van der Waals surface area contributed by atoms with Gasteiger partial charge in [0.05, 0.1) is 23.5 Å². The van der Waals surface area contributed by atoms with Crippen LogP contribution in [0.25, 0.3) is 5.57 Å². The number of rotatable bonds is 4. The smallest absolute Gasteiger partial charge is 0.267 e. The van der Waals surface area contributed by atoms with Crippen molar-refractivity contribution in [2.45, 2.75) is 25.4 Å². The lowest BCUT2D eigenvalue weighted by Gasteiger charge is -2.28. The van der Waals surface area contributed by atoms with Gasteiger partial charge in [-0.1, -0.05) is 6.08 Å². The van der Waals surface area contributed by atoms with Crippen molar-refractivity contribution in [3.8, 4) is 0 Å². The number of carbonyl (C=O) groups is 2. The fraction of sp³-hybridized carbons (Fsp3) is 0.360. The molecule has 10 nitrogen and oxygen atoms in total. The second kappa shape index (κ2) is 8.70. The maximum Gasteiger partial charge on any atom is 0.267 e. The Hall–Kier alpha value is -3.92. The predicted octanol–water partition coefficient (Wildman–Crippen LogP) is 2.20. The molecule has 1 fully saturated rings. The number of carbonyl (C=O) groups excluding carboxylic acids is 2. The first-order valence-corrected chi connectivity index (χ1v) is 12.0. The third kappa shape index (κ3) is 4.10. The standard InChI is InChI=1S/C25H28N8O2/c1-31-7-3-19(4-8-31)33-15-18(13-29-33)30-24(34)16-10-21-20(2-5-26-23(21)28-12-16)17-11-22-25(35)27-6-9-32(22)14-17/h2,10-15,19H,3-9H2,1H3,(H,26,28)(H,27,35)(H,30,34). The maximum atomic E-state index is 13.1. The van der Waals surface area contributed by atoms with Crippen LogP contribution in [-0.2, 0) is 6.54 Å². The molecule has 180 valence electrons. The topological polar surface area (TPSA) is 109 Å². The number of piperidine rings is 1. The van der Waals surface area contributed by atoms with E-state index in [0.29, 0.717) is 36.1 Å². The third-order valence-electron chi connectivity index (χ3n) is 7.02. The van der Waals surface area contributed by atoms with Gasteiger partial charge in [0.2, 0.25) is 0 Å². The Morgan fingerprint density at radius 1 is 1.11 bits per heavy atom. The maximum absolute atomic E-state index is 13.1. The quantitative estimate of drug-likeness (QED) is 0.537. The van der Waals surface area contributed by atoms with Gasteiger partial charge in [-0.05, 0) is 50.7 Å². The van der Waals surface area contributed by atoms with Crippen LogP contribution in [0.4, 0.5) is 11.5 Å². The summed E-state index contributed by atoms with van der Waals surface area (Å²) in [5, 5.41) is 13.6. The number of nitrogens with one attached hydrogen (secondary N) is 3. The highest BCUT2D eigenvalue weighted by molar-refractivity contribution is 6.05. The van der Waals surface area contributed by atoms with Gasteiger partial charge in [0, 0.05) is 49.4 Å². The highest BCUT2D eigenvalue weighted by Crippen LogP contribution is 2.33. The highest BCUT2D eigenvalue weighted by Gasteiger charge is 2.24. The molecule has 3 aliphatic heterocycles. The molecule has 3 aliphatic rings. The van der Waals surface area contributed by atoms with Gasteiger partial charge in [-0.3, -0.25) is 14.3 Å². The molecule has 6 rings (SSSR count). The summed E-state index contributed by atoms with van der Waals surface area (Å²) in [6.45, 7) is 4.09.